The Labute approximate surface area is 292 Å². The highest BCUT2D eigenvalue weighted by Crippen LogP contribution is 2.44. The molecule has 1 aliphatic carbocycles. The van der Waals surface area contributed by atoms with Crippen LogP contribution in [0.25, 0.3) is 11.1 Å². The Bertz CT molecular complexity index is 1580. The van der Waals surface area contributed by atoms with Crippen molar-refractivity contribution in [2.45, 2.75) is 95.4 Å². The lowest BCUT2D eigenvalue weighted by molar-refractivity contribution is -0.151. The van der Waals surface area contributed by atoms with Crippen LogP contribution in [-0.2, 0) is 23.8 Å². The molecule has 0 bridgehead atoms. The van der Waals surface area contributed by atoms with E-state index < -0.39 is 52.4 Å². The van der Waals surface area contributed by atoms with E-state index in [4.69, 9.17) is 14.2 Å². The maximum absolute atomic E-state index is 14.2. The van der Waals surface area contributed by atoms with Gasteiger partial charge in [0.25, 0.3) is 0 Å². The molecule has 2 aliphatic heterocycles. The maximum Gasteiger partial charge on any atom is 0.409 e. The van der Waals surface area contributed by atoms with Crippen molar-refractivity contribution >= 4 is 30.2 Å². The smallest absolute Gasteiger partial charge is 0.409 e. The molecule has 2 fully saturated rings. The van der Waals surface area contributed by atoms with Gasteiger partial charge < -0.3 is 39.8 Å². The summed E-state index contributed by atoms with van der Waals surface area (Å²) in [6, 6.07) is 16.2. The fourth-order valence-electron chi connectivity index (χ4n) is 6.93. The average Bonchev–Trinajstić information content (AvgIpc) is 3.35. The lowest BCUT2D eigenvalue weighted by atomic mass is 9.83. The summed E-state index contributed by atoms with van der Waals surface area (Å²) in [6.45, 7) is 10.6. The van der Waals surface area contributed by atoms with Crippen LogP contribution in [0, 0.1) is 0 Å². The number of amides is 4. The number of carboxylic acids is 1. The number of likely N-dealkylation sites (tertiary alicyclic amines) is 2. The molecule has 0 spiro atoms. The van der Waals surface area contributed by atoms with E-state index in [1.54, 1.807) is 41.5 Å². The van der Waals surface area contributed by atoms with E-state index in [1.807, 2.05) is 36.4 Å². The highest BCUT2D eigenvalue weighted by atomic mass is 16.6. The van der Waals surface area contributed by atoms with Crippen molar-refractivity contribution in [2.75, 3.05) is 32.8 Å². The second kappa shape index (κ2) is 13.8. The minimum atomic E-state index is -1.63. The van der Waals surface area contributed by atoms with Gasteiger partial charge in [-0.15, -0.1) is 0 Å². The summed E-state index contributed by atoms with van der Waals surface area (Å²) < 4.78 is 16.7. The third-order valence-corrected chi connectivity index (χ3v) is 9.41. The quantitative estimate of drug-likeness (QED) is 0.343. The topological polar surface area (TPSA) is 164 Å². The lowest BCUT2D eigenvalue weighted by Crippen LogP contribution is -2.67. The van der Waals surface area contributed by atoms with Crippen molar-refractivity contribution in [1.29, 1.82) is 0 Å². The number of fused-ring (bicyclic) bond motifs is 3. The molecular formula is C37H48N4O9. The van der Waals surface area contributed by atoms with Gasteiger partial charge in [0.1, 0.15) is 28.9 Å². The first-order chi connectivity index (χ1) is 23.4. The van der Waals surface area contributed by atoms with Crippen LogP contribution in [0.1, 0.15) is 84.3 Å². The van der Waals surface area contributed by atoms with Crippen molar-refractivity contribution in [1.82, 2.24) is 20.4 Å². The third-order valence-electron chi connectivity index (χ3n) is 9.41. The van der Waals surface area contributed by atoms with Crippen LogP contribution in [0.4, 0.5) is 14.4 Å². The SMILES string of the molecule is CC(C)(C)OC(=O)NC1(C(=O)O)CCN(C(=O)C2(NC(=O)OC(C)(C)C)CCN(C(=O)OCC3c4ccccc4-c4ccccc43)CC2)CC1. The molecule has 2 heterocycles. The zero-order valence-electron chi connectivity index (χ0n) is 29.7. The molecule has 0 unspecified atom stereocenters. The van der Waals surface area contributed by atoms with Gasteiger partial charge in [-0.1, -0.05) is 48.5 Å². The predicted octanol–water partition coefficient (Wildman–Crippen LogP) is 5.27. The van der Waals surface area contributed by atoms with Crippen LogP contribution in [0.5, 0.6) is 0 Å². The number of hydrogen-bond donors (Lipinski definition) is 3. The molecule has 3 aliphatic rings. The van der Waals surface area contributed by atoms with E-state index in [9.17, 15) is 29.1 Å². The third kappa shape index (κ3) is 7.97. The minimum Gasteiger partial charge on any atom is -0.480 e. The Morgan fingerprint density at radius 1 is 0.700 bits per heavy atom. The molecule has 2 saturated heterocycles. The highest BCUT2D eigenvalue weighted by Gasteiger charge is 2.50. The number of nitrogens with zero attached hydrogens (tertiary/aromatic N) is 2. The zero-order chi connectivity index (χ0) is 36.5. The summed E-state index contributed by atoms with van der Waals surface area (Å²) in [7, 11) is 0. The number of piperidine rings is 2. The first-order valence-electron chi connectivity index (χ1n) is 17.1. The summed E-state index contributed by atoms with van der Waals surface area (Å²) in [6.07, 6.45) is -2.10. The Kier molecular flexibility index (Phi) is 10.1. The normalized spacial score (nSPS) is 18.3. The molecule has 0 atom stereocenters. The predicted molar refractivity (Wildman–Crippen MR) is 184 cm³/mol. The first-order valence-corrected chi connectivity index (χ1v) is 17.1. The standard InChI is InChI=1S/C37H48N4O9/c1-34(2,3)49-31(45)38-36(29(42)40-19-17-37(18-20-40,30(43)44)39-32(46)50-35(4,5)6)15-21-41(22-16-36)33(47)48-23-28-26-13-9-7-11-24(26)25-12-8-10-14-27(25)28/h7-14,28H,15-23H2,1-6H3,(H,38,45)(H,39,46)(H,43,44). The highest BCUT2D eigenvalue weighted by molar-refractivity contribution is 5.91. The molecule has 13 nitrogen and oxygen atoms in total. The van der Waals surface area contributed by atoms with Gasteiger partial charge in [0.15, 0.2) is 0 Å². The van der Waals surface area contributed by atoms with Crippen molar-refractivity contribution in [3.05, 3.63) is 59.7 Å². The number of alkyl carbamates (subject to hydrolysis) is 2. The Morgan fingerprint density at radius 2 is 1.12 bits per heavy atom. The summed E-state index contributed by atoms with van der Waals surface area (Å²) in [5, 5.41) is 15.4. The van der Waals surface area contributed by atoms with Gasteiger partial charge >= 0.3 is 24.2 Å². The van der Waals surface area contributed by atoms with Crippen LogP contribution in [-0.4, -0.2) is 100 Å². The van der Waals surface area contributed by atoms with Gasteiger partial charge in [-0.2, -0.15) is 0 Å². The number of benzene rings is 2. The van der Waals surface area contributed by atoms with Gasteiger partial charge in [-0.3, -0.25) is 4.79 Å². The van der Waals surface area contributed by atoms with Gasteiger partial charge in [0.05, 0.1) is 0 Å². The fourth-order valence-corrected chi connectivity index (χ4v) is 6.93. The number of rotatable bonds is 6. The number of carbonyl (C=O) groups is 5. The van der Waals surface area contributed by atoms with Gasteiger partial charge in [0, 0.05) is 32.1 Å². The number of nitrogens with one attached hydrogen (secondary N) is 2. The lowest BCUT2D eigenvalue weighted by Gasteiger charge is -2.46. The van der Waals surface area contributed by atoms with E-state index in [0.29, 0.717) is 0 Å². The molecule has 50 heavy (non-hydrogen) atoms. The van der Waals surface area contributed by atoms with E-state index in [1.165, 1.54) is 9.80 Å². The Morgan fingerprint density at radius 3 is 1.58 bits per heavy atom. The van der Waals surface area contributed by atoms with Crippen LogP contribution in [0.15, 0.2) is 48.5 Å². The van der Waals surface area contributed by atoms with E-state index in [2.05, 4.69) is 22.8 Å². The van der Waals surface area contributed by atoms with Gasteiger partial charge in [-0.25, -0.2) is 19.2 Å². The van der Waals surface area contributed by atoms with Crippen LogP contribution in [0.3, 0.4) is 0 Å². The number of aliphatic carboxylic acids is 1. The number of ether oxygens (including phenoxy) is 3. The fraction of sp³-hybridized carbons (Fsp3) is 0.541. The van der Waals surface area contributed by atoms with E-state index in [-0.39, 0.29) is 64.4 Å². The number of carbonyl (C=O) groups excluding carboxylic acids is 4. The van der Waals surface area contributed by atoms with Gasteiger partial charge in [-0.05, 0) is 89.5 Å². The molecule has 5 rings (SSSR count). The monoisotopic (exact) mass is 692 g/mol. The van der Waals surface area contributed by atoms with Crippen LogP contribution < -0.4 is 10.6 Å². The summed E-state index contributed by atoms with van der Waals surface area (Å²) >= 11 is 0. The van der Waals surface area contributed by atoms with Crippen molar-refractivity contribution in [2.24, 2.45) is 0 Å². The molecule has 13 heteroatoms. The molecule has 270 valence electrons. The largest absolute Gasteiger partial charge is 0.480 e. The molecular weight excluding hydrogens is 644 g/mol. The molecule has 0 aromatic heterocycles. The Balaban J connectivity index is 1.26. The second-order valence-corrected chi connectivity index (χ2v) is 15.3. The summed E-state index contributed by atoms with van der Waals surface area (Å²) in [5.74, 6) is -1.74. The second-order valence-electron chi connectivity index (χ2n) is 15.3. The Hall–Kier alpha value is -4.81. The molecule has 0 radical (unpaired) electrons. The summed E-state index contributed by atoms with van der Waals surface area (Å²) in [4.78, 5) is 68.6. The number of hydrogen-bond acceptors (Lipinski definition) is 8. The van der Waals surface area contributed by atoms with E-state index >= 15 is 0 Å². The van der Waals surface area contributed by atoms with Crippen molar-refractivity contribution in [3.63, 3.8) is 0 Å². The molecule has 2 aromatic carbocycles. The average molecular weight is 693 g/mol. The molecule has 4 amide bonds. The van der Waals surface area contributed by atoms with Crippen LogP contribution >= 0.6 is 0 Å². The van der Waals surface area contributed by atoms with Crippen LogP contribution in [0.2, 0.25) is 0 Å². The van der Waals surface area contributed by atoms with Gasteiger partial charge in [0.2, 0.25) is 5.91 Å². The maximum atomic E-state index is 14.2. The first kappa shape index (κ1) is 36.5. The van der Waals surface area contributed by atoms with E-state index in [0.717, 1.165) is 22.3 Å². The molecule has 3 N–H and O–H groups in total. The minimum absolute atomic E-state index is 0.00870. The molecule has 2 aromatic rings. The van der Waals surface area contributed by atoms with Crippen molar-refractivity contribution < 1.29 is 43.3 Å². The zero-order valence-corrected chi connectivity index (χ0v) is 29.7. The summed E-state index contributed by atoms with van der Waals surface area (Å²) in [5.41, 5.74) is -0.245. The molecule has 0 saturated carbocycles. The number of carboxylic acid groups (broad SMARTS) is 1. The van der Waals surface area contributed by atoms with Crippen molar-refractivity contribution in [3.8, 4) is 11.1 Å².